The number of hydrogen-bond acceptors (Lipinski definition) is 3. The lowest BCUT2D eigenvalue weighted by Gasteiger charge is -2.29. The van der Waals surface area contributed by atoms with Crippen molar-refractivity contribution >= 4 is 5.97 Å². The lowest BCUT2D eigenvalue weighted by Crippen LogP contribution is -2.39. The second-order valence-corrected chi connectivity index (χ2v) is 4.93. The number of halogens is 3. The molecule has 6 heteroatoms. The maximum Gasteiger partial charge on any atom is 0.416 e. The molecular formula is C14H16F3NO2. The van der Waals surface area contributed by atoms with Crippen LogP contribution in [0.3, 0.4) is 0 Å². The zero-order chi connectivity index (χ0) is 14.8. The molecule has 0 amide bonds. The lowest BCUT2D eigenvalue weighted by atomic mass is 9.85. The highest BCUT2D eigenvalue weighted by Gasteiger charge is 2.33. The summed E-state index contributed by atoms with van der Waals surface area (Å²) in [7, 11) is 1.32. The first kappa shape index (κ1) is 14.8. The number of carbonyl (C=O) groups is 1. The maximum absolute atomic E-state index is 12.7. The van der Waals surface area contributed by atoms with Crippen LogP contribution >= 0.6 is 0 Å². The minimum Gasteiger partial charge on any atom is -0.469 e. The van der Waals surface area contributed by atoms with E-state index in [0.29, 0.717) is 25.1 Å². The average Bonchev–Trinajstić information content (AvgIpc) is 2.46. The van der Waals surface area contributed by atoms with Gasteiger partial charge in [0, 0.05) is 13.1 Å². The van der Waals surface area contributed by atoms with Gasteiger partial charge in [-0.1, -0.05) is 18.2 Å². The molecule has 0 saturated carbocycles. The zero-order valence-electron chi connectivity index (χ0n) is 11.0. The molecular weight excluding hydrogens is 271 g/mol. The van der Waals surface area contributed by atoms with Gasteiger partial charge < -0.3 is 10.1 Å². The topological polar surface area (TPSA) is 38.3 Å². The second kappa shape index (κ2) is 5.83. The summed E-state index contributed by atoms with van der Waals surface area (Å²) >= 11 is 0. The van der Waals surface area contributed by atoms with Crippen LogP contribution in [0, 0.1) is 5.92 Å². The smallest absolute Gasteiger partial charge is 0.416 e. The number of esters is 1. The number of nitrogens with one attached hydrogen (secondary N) is 1. The lowest BCUT2D eigenvalue weighted by molar-refractivity contribution is -0.146. The van der Waals surface area contributed by atoms with E-state index in [1.54, 1.807) is 6.07 Å². The number of alkyl halides is 3. The van der Waals surface area contributed by atoms with Crippen LogP contribution in [0.1, 0.15) is 23.5 Å². The van der Waals surface area contributed by atoms with Gasteiger partial charge in [-0.15, -0.1) is 0 Å². The molecule has 1 aromatic carbocycles. The standard InChI is InChI=1S/C14H16F3NO2/c1-20-13(19)11-5-10(7-18-8-11)9-3-2-4-12(6-9)14(15,16)17/h2-4,6,10-11,18H,5,7-8H2,1H3/t10-,11-/m1/s1. The number of carbonyl (C=O) groups excluding carboxylic acids is 1. The van der Waals surface area contributed by atoms with Crippen molar-refractivity contribution in [2.45, 2.75) is 18.5 Å². The van der Waals surface area contributed by atoms with E-state index in [1.165, 1.54) is 13.2 Å². The summed E-state index contributed by atoms with van der Waals surface area (Å²) in [6.45, 7) is 1.07. The number of methoxy groups -OCH3 is 1. The molecule has 1 heterocycles. The van der Waals surface area contributed by atoms with Gasteiger partial charge in [0.2, 0.25) is 0 Å². The Kier molecular flexibility index (Phi) is 4.32. The molecule has 0 bridgehead atoms. The fourth-order valence-corrected chi connectivity index (χ4v) is 2.51. The molecule has 20 heavy (non-hydrogen) atoms. The van der Waals surface area contributed by atoms with Crippen LogP contribution in [0.5, 0.6) is 0 Å². The Bertz CT molecular complexity index is 488. The van der Waals surface area contributed by atoms with Crippen molar-refractivity contribution in [2.24, 2.45) is 5.92 Å². The summed E-state index contributed by atoms with van der Waals surface area (Å²) in [5, 5.41) is 3.07. The SMILES string of the molecule is COC(=O)[C@H]1CNC[C@H](c2cccc(C(F)(F)F)c2)C1. The van der Waals surface area contributed by atoms with Crippen LogP contribution in [0.2, 0.25) is 0 Å². The highest BCUT2D eigenvalue weighted by atomic mass is 19.4. The van der Waals surface area contributed by atoms with E-state index in [4.69, 9.17) is 4.74 Å². The van der Waals surface area contributed by atoms with Gasteiger partial charge in [0.05, 0.1) is 18.6 Å². The van der Waals surface area contributed by atoms with Crippen molar-refractivity contribution in [3.8, 4) is 0 Å². The van der Waals surface area contributed by atoms with Crippen molar-refractivity contribution in [3.63, 3.8) is 0 Å². The van der Waals surface area contributed by atoms with Gasteiger partial charge in [-0.3, -0.25) is 4.79 Å². The second-order valence-electron chi connectivity index (χ2n) is 4.93. The molecule has 0 unspecified atom stereocenters. The first-order chi connectivity index (χ1) is 9.41. The molecule has 110 valence electrons. The van der Waals surface area contributed by atoms with Crippen LogP contribution in [0.15, 0.2) is 24.3 Å². The Hall–Kier alpha value is -1.56. The number of benzene rings is 1. The van der Waals surface area contributed by atoms with Crippen LogP contribution in [0.4, 0.5) is 13.2 Å². The van der Waals surface area contributed by atoms with Gasteiger partial charge in [-0.05, 0) is 24.0 Å². The van der Waals surface area contributed by atoms with E-state index >= 15 is 0 Å². The molecule has 0 aliphatic carbocycles. The number of ether oxygens (including phenoxy) is 1. The summed E-state index contributed by atoms with van der Waals surface area (Å²) in [6, 6.07) is 5.28. The summed E-state index contributed by atoms with van der Waals surface area (Å²) < 4.78 is 42.8. The fourth-order valence-electron chi connectivity index (χ4n) is 2.51. The highest BCUT2D eigenvalue weighted by molar-refractivity contribution is 5.72. The molecule has 1 aliphatic heterocycles. The number of rotatable bonds is 2. The van der Waals surface area contributed by atoms with Gasteiger partial charge in [0.25, 0.3) is 0 Å². The van der Waals surface area contributed by atoms with Crippen molar-refractivity contribution in [3.05, 3.63) is 35.4 Å². The molecule has 2 rings (SSSR count). The highest BCUT2D eigenvalue weighted by Crippen LogP contribution is 2.33. The van der Waals surface area contributed by atoms with Crippen molar-refractivity contribution in [1.82, 2.24) is 5.32 Å². The van der Waals surface area contributed by atoms with Gasteiger partial charge in [0.15, 0.2) is 0 Å². The van der Waals surface area contributed by atoms with Gasteiger partial charge in [-0.25, -0.2) is 0 Å². The van der Waals surface area contributed by atoms with E-state index in [2.05, 4.69) is 5.32 Å². The maximum atomic E-state index is 12.7. The molecule has 2 atom stereocenters. The predicted molar refractivity (Wildman–Crippen MR) is 67.2 cm³/mol. The third kappa shape index (κ3) is 3.30. The minimum atomic E-state index is -4.35. The molecule has 0 spiro atoms. The largest absolute Gasteiger partial charge is 0.469 e. The fraction of sp³-hybridized carbons (Fsp3) is 0.500. The van der Waals surface area contributed by atoms with E-state index in [9.17, 15) is 18.0 Å². The van der Waals surface area contributed by atoms with Crippen LogP contribution in [0.25, 0.3) is 0 Å². The predicted octanol–water partition coefficient (Wildman–Crippen LogP) is 2.57. The first-order valence-corrected chi connectivity index (χ1v) is 6.37. The first-order valence-electron chi connectivity index (χ1n) is 6.37. The molecule has 1 fully saturated rings. The number of piperidine rings is 1. The third-order valence-electron chi connectivity index (χ3n) is 3.57. The quantitative estimate of drug-likeness (QED) is 0.850. The van der Waals surface area contributed by atoms with Gasteiger partial charge in [-0.2, -0.15) is 13.2 Å². The third-order valence-corrected chi connectivity index (χ3v) is 3.57. The van der Waals surface area contributed by atoms with Gasteiger partial charge >= 0.3 is 12.1 Å². The van der Waals surface area contributed by atoms with Crippen molar-refractivity contribution in [2.75, 3.05) is 20.2 Å². The van der Waals surface area contributed by atoms with Crippen LogP contribution < -0.4 is 5.32 Å². The molecule has 1 saturated heterocycles. The van der Waals surface area contributed by atoms with E-state index in [-0.39, 0.29) is 17.8 Å². The molecule has 0 radical (unpaired) electrons. The van der Waals surface area contributed by atoms with Crippen molar-refractivity contribution < 1.29 is 22.7 Å². The summed E-state index contributed by atoms with van der Waals surface area (Å²) in [5.74, 6) is -0.752. The van der Waals surface area contributed by atoms with Gasteiger partial charge in [0.1, 0.15) is 0 Å². The molecule has 0 aromatic heterocycles. The summed E-state index contributed by atoms with van der Waals surface area (Å²) in [6.07, 6.45) is -3.85. The average molecular weight is 287 g/mol. The summed E-state index contributed by atoms with van der Waals surface area (Å²) in [5.41, 5.74) is -0.0591. The Labute approximate surface area is 115 Å². The van der Waals surface area contributed by atoms with E-state index < -0.39 is 11.7 Å². The van der Waals surface area contributed by atoms with Crippen molar-refractivity contribution in [1.29, 1.82) is 0 Å². The Morgan fingerprint density at radius 3 is 2.75 bits per heavy atom. The zero-order valence-corrected chi connectivity index (χ0v) is 11.0. The van der Waals surface area contributed by atoms with E-state index in [1.807, 2.05) is 0 Å². The Morgan fingerprint density at radius 1 is 1.35 bits per heavy atom. The molecule has 1 N–H and O–H groups in total. The monoisotopic (exact) mass is 287 g/mol. The van der Waals surface area contributed by atoms with Crippen LogP contribution in [-0.2, 0) is 15.7 Å². The normalized spacial score (nSPS) is 23.4. The summed E-state index contributed by atoms with van der Waals surface area (Å²) in [4.78, 5) is 11.5. The Morgan fingerprint density at radius 2 is 2.10 bits per heavy atom. The Balaban J connectivity index is 2.17. The minimum absolute atomic E-state index is 0.116. The molecule has 3 nitrogen and oxygen atoms in total. The number of hydrogen-bond donors (Lipinski definition) is 1. The molecule has 1 aliphatic rings. The van der Waals surface area contributed by atoms with E-state index in [0.717, 1.165) is 12.1 Å². The molecule has 1 aromatic rings. The van der Waals surface area contributed by atoms with Crippen LogP contribution in [-0.4, -0.2) is 26.2 Å².